The summed E-state index contributed by atoms with van der Waals surface area (Å²) in [6.07, 6.45) is 0. The van der Waals surface area contributed by atoms with Crippen LogP contribution in [-0.2, 0) is 10.5 Å². The van der Waals surface area contributed by atoms with Crippen LogP contribution in [0.15, 0.2) is 40.8 Å². The molecule has 0 aliphatic carbocycles. The molecule has 3 rings (SSSR count). The zero-order valence-corrected chi connectivity index (χ0v) is 15.7. The number of benzene rings is 1. The normalized spacial score (nSPS) is 10.8. The Balaban J connectivity index is 1.49. The molecule has 0 bridgehead atoms. The molecule has 2 heterocycles. The third-order valence-electron chi connectivity index (χ3n) is 3.47. The number of hydrazine groups is 1. The van der Waals surface area contributed by atoms with Gasteiger partial charge in [0.1, 0.15) is 5.58 Å². The third kappa shape index (κ3) is 4.36. The van der Waals surface area contributed by atoms with Crippen molar-refractivity contribution in [3.05, 3.63) is 56.9 Å². The second kappa shape index (κ2) is 7.95. The first-order valence-corrected chi connectivity index (χ1v) is 9.79. The summed E-state index contributed by atoms with van der Waals surface area (Å²) >= 11 is 8.80. The van der Waals surface area contributed by atoms with Gasteiger partial charge in [-0.05, 0) is 25.1 Å². The number of halogens is 1. The third-order valence-corrected chi connectivity index (χ3v) is 5.87. The fourth-order valence-electron chi connectivity index (χ4n) is 2.28. The number of hydrogen-bond acceptors (Lipinski definition) is 5. The Hall–Kier alpha value is -1.96. The first kappa shape index (κ1) is 17.8. The lowest BCUT2D eigenvalue weighted by molar-refractivity contribution is -0.119. The van der Waals surface area contributed by atoms with E-state index >= 15 is 0 Å². The molecule has 0 saturated carbocycles. The minimum atomic E-state index is -0.475. The van der Waals surface area contributed by atoms with Crippen molar-refractivity contribution < 1.29 is 14.0 Å². The Bertz CT molecular complexity index is 920. The number of amides is 2. The first-order chi connectivity index (χ1) is 12.0. The Morgan fingerprint density at radius 3 is 2.72 bits per heavy atom. The van der Waals surface area contributed by atoms with Crippen LogP contribution in [0.1, 0.15) is 21.0 Å². The van der Waals surface area contributed by atoms with Gasteiger partial charge in [0.25, 0.3) is 0 Å². The van der Waals surface area contributed by atoms with Crippen molar-refractivity contribution in [1.82, 2.24) is 10.9 Å². The fraction of sp³-hybridized carbons (Fsp3) is 0.176. The van der Waals surface area contributed by atoms with Crippen molar-refractivity contribution in [3.63, 3.8) is 0 Å². The number of thioether (sulfide) groups is 1. The molecule has 0 aliphatic rings. The van der Waals surface area contributed by atoms with Crippen LogP contribution < -0.4 is 10.9 Å². The average Bonchev–Trinajstić information content (AvgIpc) is 3.17. The highest BCUT2D eigenvalue weighted by atomic mass is 35.5. The van der Waals surface area contributed by atoms with Gasteiger partial charge >= 0.3 is 5.91 Å². The molecule has 0 spiro atoms. The smallest absolute Gasteiger partial charge is 0.305 e. The fourth-order valence-corrected chi connectivity index (χ4v) is 4.31. The van der Waals surface area contributed by atoms with Crippen LogP contribution in [0.3, 0.4) is 0 Å². The summed E-state index contributed by atoms with van der Waals surface area (Å²) in [5, 5.41) is 0.879. The van der Waals surface area contributed by atoms with E-state index in [1.165, 1.54) is 23.1 Å². The number of nitrogens with one attached hydrogen (secondary N) is 2. The number of carbonyl (C=O) groups excluding carboxylic acids is 2. The molecular formula is C17H15ClN2O3S2. The van der Waals surface area contributed by atoms with Gasteiger partial charge < -0.3 is 4.42 Å². The molecule has 0 aliphatic heterocycles. The van der Waals surface area contributed by atoms with Gasteiger partial charge in [-0.2, -0.15) is 0 Å². The molecule has 2 amide bonds. The van der Waals surface area contributed by atoms with E-state index in [0.717, 1.165) is 20.2 Å². The van der Waals surface area contributed by atoms with Crippen molar-refractivity contribution in [3.8, 4) is 0 Å². The van der Waals surface area contributed by atoms with Gasteiger partial charge in [0, 0.05) is 21.6 Å². The lowest BCUT2D eigenvalue weighted by Crippen LogP contribution is -2.42. The molecule has 2 N–H and O–H groups in total. The van der Waals surface area contributed by atoms with E-state index in [4.69, 9.17) is 16.0 Å². The molecule has 0 fully saturated rings. The van der Waals surface area contributed by atoms with Gasteiger partial charge in [0.15, 0.2) is 5.76 Å². The van der Waals surface area contributed by atoms with E-state index in [1.807, 2.05) is 37.3 Å². The minimum Gasteiger partial charge on any atom is -0.451 e. The number of aryl methyl sites for hydroxylation is 1. The maximum atomic E-state index is 12.2. The van der Waals surface area contributed by atoms with E-state index in [-0.39, 0.29) is 17.4 Å². The quantitative estimate of drug-likeness (QED) is 0.637. The Morgan fingerprint density at radius 1 is 1.20 bits per heavy atom. The van der Waals surface area contributed by atoms with Gasteiger partial charge in [-0.3, -0.25) is 20.4 Å². The molecule has 25 heavy (non-hydrogen) atoms. The monoisotopic (exact) mass is 394 g/mol. The van der Waals surface area contributed by atoms with Crippen LogP contribution >= 0.6 is 34.7 Å². The number of furan rings is 1. The van der Waals surface area contributed by atoms with Crippen molar-refractivity contribution >= 4 is 57.5 Å². The topological polar surface area (TPSA) is 71.3 Å². The molecule has 8 heteroatoms. The van der Waals surface area contributed by atoms with Crippen LogP contribution in [0.5, 0.6) is 0 Å². The summed E-state index contributed by atoms with van der Waals surface area (Å²) in [4.78, 5) is 25.1. The number of thiophene rings is 1. The second-order valence-electron chi connectivity index (χ2n) is 5.25. The highest BCUT2D eigenvalue weighted by molar-refractivity contribution is 7.99. The van der Waals surface area contributed by atoms with Crippen LogP contribution in [-0.4, -0.2) is 17.6 Å². The molecular weight excluding hydrogens is 380 g/mol. The number of rotatable bonds is 5. The molecule has 0 unspecified atom stereocenters. The molecule has 0 radical (unpaired) electrons. The van der Waals surface area contributed by atoms with E-state index in [9.17, 15) is 9.59 Å². The predicted molar refractivity (Wildman–Crippen MR) is 102 cm³/mol. The number of carbonyl (C=O) groups is 2. The lowest BCUT2D eigenvalue weighted by Gasteiger charge is -2.06. The summed E-state index contributed by atoms with van der Waals surface area (Å²) in [5.74, 6) is 0.366. The molecule has 2 aromatic heterocycles. The maximum Gasteiger partial charge on any atom is 0.305 e. The SMILES string of the molecule is Cc1c(C(=O)NNC(=O)CSCc2ccc(Cl)s2)oc2ccccc12. The molecule has 3 aromatic rings. The van der Waals surface area contributed by atoms with Gasteiger partial charge in [0.2, 0.25) is 5.91 Å². The van der Waals surface area contributed by atoms with Gasteiger partial charge in [-0.15, -0.1) is 23.1 Å². The Labute approximate surface area is 157 Å². The summed E-state index contributed by atoms with van der Waals surface area (Å²) in [6.45, 7) is 1.81. The van der Waals surface area contributed by atoms with Crippen LogP contribution in [0.4, 0.5) is 0 Å². The average molecular weight is 395 g/mol. The summed E-state index contributed by atoms with van der Waals surface area (Å²) in [5.41, 5.74) is 6.17. The van der Waals surface area contributed by atoms with Gasteiger partial charge in [-0.1, -0.05) is 29.8 Å². The van der Waals surface area contributed by atoms with E-state index < -0.39 is 5.91 Å². The van der Waals surface area contributed by atoms with Crippen molar-refractivity contribution in [2.45, 2.75) is 12.7 Å². The molecule has 5 nitrogen and oxygen atoms in total. The largest absolute Gasteiger partial charge is 0.451 e. The number of para-hydroxylation sites is 1. The van der Waals surface area contributed by atoms with Crippen LogP contribution in [0.25, 0.3) is 11.0 Å². The zero-order valence-electron chi connectivity index (χ0n) is 13.3. The van der Waals surface area contributed by atoms with Gasteiger partial charge in [0.05, 0.1) is 10.1 Å². The van der Waals surface area contributed by atoms with Crippen molar-refractivity contribution in [2.75, 3.05) is 5.75 Å². The molecule has 1 aromatic carbocycles. The highest BCUT2D eigenvalue weighted by Gasteiger charge is 2.17. The number of hydrogen-bond donors (Lipinski definition) is 2. The highest BCUT2D eigenvalue weighted by Crippen LogP contribution is 2.25. The first-order valence-electron chi connectivity index (χ1n) is 7.44. The molecule has 0 atom stereocenters. The van der Waals surface area contributed by atoms with Gasteiger partial charge in [-0.25, -0.2) is 0 Å². The molecule has 130 valence electrons. The lowest BCUT2D eigenvalue weighted by atomic mass is 10.1. The maximum absolute atomic E-state index is 12.2. The minimum absolute atomic E-state index is 0.197. The predicted octanol–water partition coefficient (Wildman–Crippen LogP) is 4.15. The number of fused-ring (bicyclic) bond motifs is 1. The molecule has 0 saturated heterocycles. The van der Waals surface area contributed by atoms with Crippen LogP contribution in [0.2, 0.25) is 4.34 Å². The Morgan fingerprint density at radius 2 is 2.00 bits per heavy atom. The Kier molecular flexibility index (Phi) is 5.67. The summed E-state index contributed by atoms with van der Waals surface area (Å²) in [6, 6.07) is 11.2. The van der Waals surface area contributed by atoms with Crippen molar-refractivity contribution in [1.29, 1.82) is 0 Å². The summed E-state index contributed by atoms with van der Waals surface area (Å²) in [7, 11) is 0. The van der Waals surface area contributed by atoms with E-state index in [1.54, 1.807) is 6.07 Å². The van der Waals surface area contributed by atoms with Crippen molar-refractivity contribution in [2.24, 2.45) is 0 Å². The summed E-state index contributed by atoms with van der Waals surface area (Å²) < 4.78 is 6.28. The van der Waals surface area contributed by atoms with Crippen LogP contribution in [0, 0.1) is 6.92 Å². The second-order valence-corrected chi connectivity index (χ2v) is 8.04. The van der Waals surface area contributed by atoms with E-state index in [0.29, 0.717) is 11.3 Å². The standard InChI is InChI=1S/C17H15ClN2O3S2/c1-10-12-4-2-3-5-13(12)23-16(10)17(22)20-19-15(21)9-24-8-11-6-7-14(18)25-11/h2-7H,8-9H2,1H3,(H,19,21)(H,20,22). The zero-order chi connectivity index (χ0) is 17.8. The van der Waals surface area contributed by atoms with E-state index in [2.05, 4.69) is 10.9 Å².